The number of likely N-dealkylation sites (tertiary alicyclic amines) is 1. The first-order valence-corrected chi connectivity index (χ1v) is 8.73. The van der Waals surface area contributed by atoms with Gasteiger partial charge in [0.15, 0.2) is 5.60 Å². The Kier molecular flexibility index (Phi) is 4.95. The third kappa shape index (κ3) is 3.21. The van der Waals surface area contributed by atoms with Gasteiger partial charge in [-0.1, -0.05) is 23.2 Å². The minimum atomic E-state index is -1.25. The minimum absolute atomic E-state index is 0.0326. The lowest BCUT2D eigenvalue weighted by atomic mass is 9.84. The van der Waals surface area contributed by atoms with Crippen molar-refractivity contribution in [3.8, 4) is 5.75 Å². The van der Waals surface area contributed by atoms with Crippen LogP contribution in [0.5, 0.6) is 5.75 Å². The smallest absolute Gasteiger partial charge is 0.257 e. The highest BCUT2D eigenvalue weighted by Gasteiger charge is 2.45. The van der Waals surface area contributed by atoms with Crippen LogP contribution in [0.2, 0.25) is 10.0 Å². The first-order valence-electron chi connectivity index (χ1n) is 7.98. The van der Waals surface area contributed by atoms with Gasteiger partial charge in [0.1, 0.15) is 5.75 Å². The molecular formula is C16H21Cl2N3O3. The van der Waals surface area contributed by atoms with Crippen molar-refractivity contribution in [2.75, 3.05) is 26.2 Å². The minimum Gasteiger partial charge on any atom is -0.508 e. The highest BCUT2D eigenvalue weighted by Crippen LogP contribution is 2.38. The summed E-state index contributed by atoms with van der Waals surface area (Å²) in [6.07, 6.45) is 1.41. The lowest BCUT2D eigenvalue weighted by Gasteiger charge is -2.42. The van der Waals surface area contributed by atoms with Crippen molar-refractivity contribution in [1.29, 1.82) is 0 Å². The molecule has 0 aliphatic carbocycles. The Morgan fingerprint density at radius 1 is 1.29 bits per heavy atom. The van der Waals surface area contributed by atoms with Crippen LogP contribution >= 0.6 is 23.2 Å². The van der Waals surface area contributed by atoms with Crippen molar-refractivity contribution in [3.05, 3.63) is 27.7 Å². The van der Waals surface area contributed by atoms with E-state index in [2.05, 4.69) is 5.32 Å². The van der Waals surface area contributed by atoms with Crippen molar-refractivity contribution >= 4 is 29.1 Å². The highest BCUT2D eigenvalue weighted by atomic mass is 35.5. The highest BCUT2D eigenvalue weighted by molar-refractivity contribution is 6.42. The third-order valence-electron chi connectivity index (χ3n) is 5.00. The van der Waals surface area contributed by atoms with Gasteiger partial charge in [0.25, 0.3) is 5.91 Å². The molecule has 0 radical (unpaired) electrons. The summed E-state index contributed by atoms with van der Waals surface area (Å²) in [6.45, 7) is 1.70. The number of nitrogens with two attached hydrogens (primary N) is 1. The predicted molar refractivity (Wildman–Crippen MR) is 92.2 cm³/mol. The molecule has 0 unspecified atom stereocenters. The molecule has 132 valence electrons. The molecule has 6 nitrogen and oxygen atoms in total. The molecule has 2 aliphatic rings. The SMILES string of the molecule is N[C@@H](c1cc(Cl)c(Cl)cc1O)C1CCN(C(=O)C2(O)CNC2)CC1. The van der Waals surface area contributed by atoms with E-state index in [1.807, 2.05) is 0 Å². The molecule has 24 heavy (non-hydrogen) atoms. The number of carbonyl (C=O) groups is 1. The van der Waals surface area contributed by atoms with E-state index in [1.165, 1.54) is 6.07 Å². The summed E-state index contributed by atoms with van der Waals surface area (Å²) in [5, 5.41) is 23.8. The van der Waals surface area contributed by atoms with Crippen molar-refractivity contribution in [2.24, 2.45) is 11.7 Å². The molecule has 0 spiro atoms. The van der Waals surface area contributed by atoms with E-state index in [0.717, 1.165) is 0 Å². The number of aromatic hydroxyl groups is 1. The number of β-amino-alcohol motifs (C(OH)–C–C–N with tert-alkyl or cyclic N) is 1. The van der Waals surface area contributed by atoms with Crippen LogP contribution < -0.4 is 11.1 Å². The summed E-state index contributed by atoms with van der Waals surface area (Å²) in [5.74, 6) is -0.0673. The van der Waals surface area contributed by atoms with Crippen LogP contribution in [-0.2, 0) is 4.79 Å². The second-order valence-corrected chi connectivity index (χ2v) is 7.43. The number of phenolic OH excluding ortho intramolecular Hbond substituents is 1. The quantitative estimate of drug-likeness (QED) is 0.639. The van der Waals surface area contributed by atoms with Crippen LogP contribution in [0.15, 0.2) is 12.1 Å². The average molecular weight is 374 g/mol. The molecule has 2 heterocycles. The fourth-order valence-corrected chi connectivity index (χ4v) is 3.67. The number of amides is 1. The summed E-state index contributed by atoms with van der Waals surface area (Å²) in [7, 11) is 0. The lowest BCUT2D eigenvalue weighted by molar-refractivity contribution is -0.158. The fraction of sp³-hybridized carbons (Fsp3) is 0.562. The molecular weight excluding hydrogens is 353 g/mol. The maximum absolute atomic E-state index is 12.3. The Hall–Kier alpha value is -1.05. The Balaban J connectivity index is 1.64. The van der Waals surface area contributed by atoms with E-state index in [1.54, 1.807) is 11.0 Å². The standard InChI is InChI=1S/C16H21Cl2N3O3/c17-11-5-10(13(22)6-12(11)18)14(19)9-1-3-21(4-2-9)15(23)16(24)7-20-8-16/h5-6,9,14,20,22,24H,1-4,7-8,19H2/t14-/m1/s1. The average Bonchev–Trinajstić information content (AvgIpc) is 2.55. The van der Waals surface area contributed by atoms with Gasteiger partial charge in [-0.2, -0.15) is 0 Å². The van der Waals surface area contributed by atoms with Gasteiger partial charge in [0, 0.05) is 43.9 Å². The zero-order valence-electron chi connectivity index (χ0n) is 13.1. The second kappa shape index (κ2) is 6.69. The van der Waals surface area contributed by atoms with Gasteiger partial charge in [-0.25, -0.2) is 0 Å². The summed E-state index contributed by atoms with van der Waals surface area (Å²) < 4.78 is 0. The number of phenols is 1. The number of hydrogen-bond donors (Lipinski definition) is 4. The van der Waals surface area contributed by atoms with Gasteiger partial charge in [0.2, 0.25) is 0 Å². The molecule has 0 aromatic heterocycles. The number of aliphatic hydroxyl groups is 1. The molecule has 2 aliphatic heterocycles. The molecule has 1 aromatic carbocycles. The Morgan fingerprint density at radius 2 is 1.88 bits per heavy atom. The van der Waals surface area contributed by atoms with Crippen molar-refractivity contribution in [2.45, 2.75) is 24.5 Å². The second-order valence-electron chi connectivity index (χ2n) is 6.62. The topological polar surface area (TPSA) is 98.8 Å². The van der Waals surface area contributed by atoms with Crippen LogP contribution in [0.25, 0.3) is 0 Å². The molecule has 3 rings (SSSR count). The largest absolute Gasteiger partial charge is 0.508 e. The Bertz CT molecular complexity index is 644. The monoisotopic (exact) mass is 373 g/mol. The van der Waals surface area contributed by atoms with E-state index in [4.69, 9.17) is 28.9 Å². The van der Waals surface area contributed by atoms with Crippen LogP contribution in [0.1, 0.15) is 24.4 Å². The number of hydrogen-bond acceptors (Lipinski definition) is 5. The maximum atomic E-state index is 12.3. The molecule has 1 aromatic rings. The first kappa shape index (κ1) is 17.8. The summed E-state index contributed by atoms with van der Waals surface area (Å²) in [6, 6.07) is 2.62. The van der Waals surface area contributed by atoms with Crippen LogP contribution in [0, 0.1) is 5.92 Å². The van der Waals surface area contributed by atoms with E-state index >= 15 is 0 Å². The number of rotatable bonds is 3. The summed E-state index contributed by atoms with van der Waals surface area (Å²) in [5.41, 5.74) is 5.62. The van der Waals surface area contributed by atoms with Crippen molar-refractivity contribution in [1.82, 2.24) is 10.2 Å². The van der Waals surface area contributed by atoms with Gasteiger partial charge >= 0.3 is 0 Å². The molecule has 1 atom stereocenters. The summed E-state index contributed by atoms with van der Waals surface area (Å²) in [4.78, 5) is 14.0. The normalized spacial score (nSPS) is 22.1. The number of piperidine rings is 1. The first-order chi connectivity index (χ1) is 11.3. The fourth-order valence-electron chi connectivity index (χ4n) is 3.34. The number of nitrogens with zero attached hydrogens (tertiary/aromatic N) is 1. The van der Waals surface area contributed by atoms with Crippen LogP contribution in [-0.4, -0.2) is 52.8 Å². The third-order valence-corrected chi connectivity index (χ3v) is 5.72. The van der Waals surface area contributed by atoms with Crippen molar-refractivity contribution < 1.29 is 15.0 Å². The maximum Gasteiger partial charge on any atom is 0.257 e. The number of nitrogens with one attached hydrogen (secondary N) is 1. The van der Waals surface area contributed by atoms with E-state index in [9.17, 15) is 15.0 Å². The zero-order chi connectivity index (χ0) is 17.5. The van der Waals surface area contributed by atoms with Gasteiger partial charge in [-0.15, -0.1) is 0 Å². The van der Waals surface area contributed by atoms with E-state index in [-0.39, 0.29) is 28.6 Å². The predicted octanol–water partition coefficient (Wildman–Crippen LogP) is 1.27. The number of benzene rings is 1. The number of carbonyl (C=O) groups excluding carboxylic acids is 1. The van der Waals surface area contributed by atoms with Crippen LogP contribution in [0.4, 0.5) is 0 Å². The van der Waals surface area contributed by atoms with Crippen molar-refractivity contribution in [3.63, 3.8) is 0 Å². The van der Waals surface area contributed by atoms with Crippen LogP contribution in [0.3, 0.4) is 0 Å². The van der Waals surface area contributed by atoms with Gasteiger partial charge in [0.05, 0.1) is 10.0 Å². The van der Waals surface area contributed by atoms with Gasteiger partial charge in [-0.05, 0) is 24.8 Å². The Labute approximate surface area is 150 Å². The van der Waals surface area contributed by atoms with Gasteiger partial charge in [-0.3, -0.25) is 4.79 Å². The zero-order valence-corrected chi connectivity index (χ0v) is 14.6. The molecule has 1 amide bonds. The molecule has 0 saturated carbocycles. The van der Waals surface area contributed by atoms with E-state index < -0.39 is 5.60 Å². The lowest BCUT2D eigenvalue weighted by Crippen LogP contribution is -2.68. The summed E-state index contributed by atoms with van der Waals surface area (Å²) >= 11 is 11.9. The van der Waals surface area contributed by atoms with E-state index in [0.29, 0.717) is 49.6 Å². The molecule has 5 N–H and O–H groups in total. The number of halogens is 2. The molecule has 0 bridgehead atoms. The molecule has 2 saturated heterocycles. The molecule has 8 heteroatoms. The Morgan fingerprint density at radius 3 is 2.42 bits per heavy atom. The van der Waals surface area contributed by atoms with Gasteiger partial charge < -0.3 is 26.2 Å². The molecule has 2 fully saturated rings.